The van der Waals surface area contributed by atoms with Crippen molar-refractivity contribution in [3.63, 3.8) is 0 Å². The van der Waals surface area contributed by atoms with Crippen molar-refractivity contribution in [1.29, 1.82) is 0 Å². The van der Waals surface area contributed by atoms with Crippen LogP contribution in [0.4, 0.5) is 0 Å². The quantitative estimate of drug-likeness (QED) is 0.912. The van der Waals surface area contributed by atoms with Gasteiger partial charge in [-0.1, -0.05) is 22.0 Å². The molecule has 1 heterocycles. The Morgan fingerprint density at radius 1 is 1.35 bits per heavy atom. The fraction of sp³-hybridized carbons (Fsp3) is 0.333. The minimum atomic E-state index is -3.43. The lowest BCUT2D eigenvalue weighted by molar-refractivity contribution is 0.0829. The molecular formula is C12H13BrO3S. The summed E-state index contributed by atoms with van der Waals surface area (Å²) in [6.45, 7) is 3.20. The largest absolute Gasteiger partial charge is 0.390 e. The predicted molar refractivity (Wildman–Crippen MR) is 70.2 cm³/mol. The Hall–Kier alpha value is -0.650. The van der Waals surface area contributed by atoms with Crippen LogP contribution in [0.3, 0.4) is 0 Å². The first-order valence-electron chi connectivity index (χ1n) is 5.18. The number of aliphatic hydroxyl groups is 1. The summed E-state index contributed by atoms with van der Waals surface area (Å²) in [6.07, 6.45) is 1.76. The SMILES string of the molecule is CC(C)(O)CC1=Cc2ccc(Br)cc2S1(=O)=O. The second kappa shape index (κ2) is 3.93. The standard InChI is InChI=1S/C12H13BrO3S/c1-12(2,14)7-10-5-8-3-4-9(13)6-11(8)17(10,15)16/h3-6,14H,7H2,1-2H3. The van der Waals surface area contributed by atoms with E-state index < -0.39 is 15.4 Å². The van der Waals surface area contributed by atoms with Gasteiger partial charge in [-0.3, -0.25) is 0 Å². The second-order valence-electron chi connectivity index (χ2n) is 4.79. The van der Waals surface area contributed by atoms with Crippen LogP contribution in [0.2, 0.25) is 0 Å². The molecule has 1 aromatic carbocycles. The normalized spacial score (nSPS) is 17.8. The van der Waals surface area contributed by atoms with Crippen LogP contribution in [-0.4, -0.2) is 19.1 Å². The van der Waals surface area contributed by atoms with E-state index in [0.29, 0.717) is 10.5 Å². The van der Waals surface area contributed by atoms with Crippen LogP contribution in [0.25, 0.3) is 6.08 Å². The third-order valence-electron chi connectivity index (χ3n) is 2.53. The van der Waals surface area contributed by atoms with Crippen molar-refractivity contribution < 1.29 is 13.5 Å². The molecule has 3 nitrogen and oxygen atoms in total. The minimum absolute atomic E-state index is 0.127. The summed E-state index contributed by atoms with van der Waals surface area (Å²) in [5.41, 5.74) is -0.342. The van der Waals surface area contributed by atoms with E-state index in [1.165, 1.54) is 0 Å². The van der Waals surface area contributed by atoms with Gasteiger partial charge in [0.2, 0.25) is 9.84 Å². The second-order valence-corrected chi connectivity index (χ2v) is 7.67. The summed E-state index contributed by atoms with van der Waals surface area (Å²) >= 11 is 3.26. The zero-order valence-corrected chi connectivity index (χ0v) is 12.0. The number of halogens is 1. The van der Waals surface area contributed by atoms with Crippen LogP contribution >= 0.6 is 15.9 Å². The van der Waals surface area contributed by atoms with E-state index in [9.17, 15) is 13.5 Å². The number of hydrogen-bond acceptors (Lipinski definition) is 3. The Morgan fingerprint density at radius 2 is 2.00 bits per heavy atom. The maximum Gasteiger partial charge on any atom is 0.203 e. The molecule has 0 saturated heterocycles. The maximum atomic E-state index is 12.2. The van der Waals surface area contributed by atoms with E-state index in [-0.39, 0.29) is 11.3 Å². The third kappa shape index (κ3) is 2.46. The molecule has 0 aromatic heterocycles. The van der Waals surface area contributed by atoms with Crippen molar-refractivity contribution >= 4 is 31.8 Å². The molecule has 0 aliphatic carbocycles. The van der Waals surface area contributed by atoms with E-state index >= 15 is 0 Å². The molecular weight excluding hydrogens is 304 g/mol. The molecule has 0 radical (unpaired) electrons. The smallest absolute Gasteiger partial charge is 0.203 e. The molecule has 0 fully saturated rings. The zero-order chi connectivity index (χ0) is 12.8. The lowest BCUT2D eigenvalue weighted by Gasteiger charge is -2.17. The summed E-state index contributed by atoms with van der Waals surface area (Å²) in [7, 11) is -3.43. The molecule has 0 atom stereocenters. The molecule has 5 heteroatoms. The monoisotopic (exact) mass is 316 g/mol. The van der Waals surface area contributed by atoms with Crippen LogP contribution in [0.1, 0.15) is 25.8 Å². The third-order valence-corrected chi connectivity index (χ3v) is 4.91. The highest BCUT2D eigenvalue weighted by Gasteiger charge is 2.32. The van der Waals surface area contributed by atoms with Gasteiger partial charge in [0.05, 0.1) is 15.4 Å². The summed E-state index contributed by atoms with van der Waals surface area (Å²) < 4.78 is 25.2. The van der Waals surface area contributed by atoms with Crippen molar-refractivity contribution in [1.82, 2.24) is 0 Å². The number of hydrogen-bond donors (Lipinski definition) is 1. The van der Waals surface area contributed by atoms with Gasteiger partial charge in [0.1, 0.15) is 0 Å². The molecule has 0 bridgehead atoms. The van der Waals surface area contributed by atoms with Gasteiger partial charge in [0.15, 0.2) is 0 Å². The minimum Gasteiger partial charge on any atom is -0.390 e. The lowest BCUT2D eigenvalue weighted by atomic mass is 10.0. The lowest BCUT2D eigenvalue weighted by Crippen LogP contribution is -2.21. The molecule has 0 saturated carbocycles. The van der Waals surface area contributed by atoms with Gasteiger partial charge in [-0.25, -0.2) is 8.42 Å². The highest BCUT2D eigenvalue weighted by molar-refractivity contribution is 9.10. The Kier molecular flexibility index (Phi) is 2.96. The molecule has 17 heavy (non-hydrogen) atoms. The fourth-order valence-electron chi connectivity index (χ4n) is 1.82. The van der Waals surface area contributed by atoms with Crippen LogP contribution in [0.5, 0.6) is 0 Å². The first-order valence-corrected chi connectivity index (χ1v) is 7.45. The summed E-state index contributed by atoms with van der Waals surface area (Å²) in [5, 5.41) is 9.73. The van der Waals surface area contributed by atoms with Crippen molar-refractivity contribution in [3.8, 4) is 0 Å². The van der Waals surface area contributed by atoms with Crippen molar-refractivity contribution in [2.45, 2.75) is 30.8 Å². The Labute approximate surface area is 109 Å². The molecule has 1 aliphatic heterocycles. The van der Waals surface area contributed by atoms with Gasteiger partial charge in [-0.05, 0) is 37.6 Å². The summed E-state index contributed by atoms with van der Waals surface area (Å²) in [4.78, 5) is 0.587. The fourth-order valence-corrected chi connectivity index (χ4v) is 4.16. The average Bonchev–Trinajstić information content (AvgIpc) is 2.38. The first kappa shape index (κ1) is 12.8. The molecule has 0 spiro atoms. The van der Waals surface area contributed by atoms with Gasteiger partial charge in [-0.15, -0.1) is 0 Å². The maximum absolute atomic E-state index is 12.2. The molecule has 0 amide bonds. The number of sulfone groups is 1. The van der Waals surface area contributed by atoms with Gasteiger partial charge in [-0.2, -0.15) is 0 Å². The Bertz CT molecular complexity index is 595. The number of fused-ring (bicyclic) bond motifs is 1. The van der Waals surface area contributed by atoms with Gasteiger partial charge < -0.3 is 5.11 Å². The van der Waals surface area contributed by atoms with Crippen molar-refractivity contribution in [2.75, 3.05) is 0 Å². The topological polar surface area (TPSA) is 54.4 Å². The number of rotatable bonds is 2. The van der Waals surface area contributed by atoms with E-state index in [2.05, 4.69) is 15.9 Å². The molecule has 1 aliphatic rings. The zero-order valence-electron chi connectivity index (χ0n) is 9.57. The van der Waals surface area contributed by atoms with E-state index in [4.69, 9.17) is 0 Å². The molecule has 92 valence electrons. The van der Waals surface area contributed by atoms with Gasteiger partial charge >= 0.3 is 0 Å². The Balaban J connectivity index is 2.50. The van der Waals surface area contributed by atoms with Crippen molar-refractivity contribution in [2.24, 2.45) is 0 Å². The molecule has 1 N–H and O–H groups in total. The number of benzene rings is 1. The van der Waals surface area contributed by atoms with Gasteiger partial charge in [0, 0.05) is 10.9 Å². The van der Waals surface area contributed by atoms with Crippen LogP contribution < -0.4 is 0 Å². The van der Waals surface area contributed by atoms with Crippen molar-refractivity contribution in [3.05, 3.63) is 33.1 Å². The van der Waals surface area contributed by atoms with E-state index in [1.807, 2.05) is 0 Å². The molecule has 0 unspecified atom stereocenters. The summed E-state index contributed by atoms with van der Waals surface area (Å²) in [6, 6.07) is 5.16. The summed E-state index contributed by atoms with van der Waals surface area (Å²) in [5.74, 6) is 0. The van der Waals surface area contributed by atoms with Gasteiger partial charge in [0.25, 0.3) is 0 Å². The highest BCUT2D eigenvalue weighted by Crippen LogP contribution is 2.37. The molecule has 2 rings (SSSR count). The Morgan fingerprint density at radius 3 is 2.59 bits per heavy atom. The molecule has 1 aromatic rings. The van der Waals surface area contributed by atoms with Crippen LogP contribution in [0, 0.1) is 0 Å². The van der Waals surface area contributed by atoms with Crippen LogP contribution in [0.15, 0.2) is 32.5 Å². The first-order chi connectivity index (χ1) is 7.70. The van der Waals surface area contributed by atoms with E-state index in [1.54, 1.807) is 38.1 Å². The predicted octanol–water partition coefficient (Wildman–Crippen LogP) is 2.74. The van der Waals surface area contributed by atoms with Crippen LogP contribution in [-0.2, 0) is 9.84 Å². The average molecular weight is 317 g/mol. The van der Waals surface area contributed by atoms with E-state index in [0.717, 1.165) is 4.47 Å². The highest BCUT2D eigenvalue weighted by atomic mass is 79.9.